The van der Waals surface area contributed by atoms with Crippen molar-refractivity contribution in [3.8, 4) is 17.3 Å². The number of pyridine rings is 1. The standard InChI is InChI=1S/C18H16F4N4/c19-11-1-2-12(15(7-11)18(20,21)22)16-8-13(10-3-5-25-6-4-10)14(9-23)17(24)26-16/h1-2,7-8,10,25H,3-6H2,(H2,24,26). The maximum atomic E-state index is 13.4. The first kappa shape index (κ1) is 18.1. The summed E-state index contributed by atoms with van der Waals surface area (Å²) >= 11 is 0. The van der Waals surface area contributed by atoms with E-state index in [1.54, 1.807) is 0 Å². The Balaban J connectivity index is 2.18. The molecule has 0 amide bonds. The third kappa shape index (κ3) is 3.48. The summed E-state index contributed by atoms with van der Waals surface area (Å²) in [7, 11) is 0. The fourth-order valence-corrected chi connectivity index (χ4v) is 3.27. The molecule has 8 heteroatoms. The lowest BCUT2D eigenvalue weighted by Crippen LogP contribution is -2.27. The summed E-state index contributed by atoms with van der Waals surface area (Å²) in [5.74, 6) is -1.10. The largest absolute Gasteiger partial charge is 0.417 e. The second-order valence-electron chi connectivity index (χ2n) is 6.18. The van der Waals surface area contributed by atoms with Gasteiger partial charge in [0, 0.05) is 5.56 Å². The molecule has 4 nitrogen and oxygen atoms in total. The zero-order valence-corrected chi connectivity index (χ0v) is 13.7. The molecule has 0 spiro atoms. The number of nitrogens with zero attached hydrogens (tertiary/aromatic N) is 2. The van der Waals surface area contributed by atoms with Crippen molar-refractivity contribution in [2.24, 2.45) is 0 Å². The van der Waals surface area contributed by atoms with Gasteiger partial charge in [0.1, 0.15) is 17.7 Å². The third-order valence-corrected chi connectivity index (χ3v) is 4.53. The molecule has 0 unspecified atom stereocenters. The van der Waals surface area contributed by atoms with Gasteiger partial charge in [-0.1, -0.05) is 0 Å². The number of halogens is 4. The van der Waals surface area contributed by atoms with Crippen LogP contribution in [0.5, 0.6) is 0 Å². The van der Waals surface area contributed by atoms with Crippen molar-refractivity contribution < 1.29 is 17.6 Å². The van der Waals surface area contributed by atoms with Crippen LogP contribution in [0.25, 0.3) is 11.3 Å². The average molecular weight is 364 g/mol. The summed E-state index contributed by atoms with van der Waals surface area (Å²) in [5, 5.41) is 12.6. The Morgan fingerprint density at radius 2 is 1.88 bits per heavy atom. The molecule has 1 aromatic heterocycles. The summed E-state index contributed by atoms with van der Waals surface area (Å²) in [6.45, 7) is 1.49. The molecule has 26 heavy (non-hydrogen) atoms. The number of nitrogens with one attached hydrogen (secondary N) is 1. The number of alkyl halides is 3. The number of rotatable bonds is 2. The molecule has 0 bridgehead atoms. The highest BCUT2D eigenvalue weighted by Crippen LogP contribution is 2.39. The first-order valence-electron chi connectivity index (χ1n) is 8.09. The Kier molecular flexibility index (Phi) is 4.83. The summed E-state index contributed by atoms with van der Waals surface area (Å²) < 4.78 is 53.4. The van der Waals surface area contributed by atoms with Gasteiger partial charge in [-0.3, -0.25) is 0 Å². The van der Waals surface area contributed by atoms with Crippen LogP contribution >= 0.6 is 0 Å². The highest BCUT2D eigenvalue weighted by Gasteiger charge is 2.35. The van der Waals surface area contributed by atoms with Crippen molar-refractivity contribution in [1.82, 2.24) is 10.3 Å². The van der Waals surface area contributed by atoms with E-state index in [-0.39, 0.29) is 28.6 Å². The lowest BCUT2D eigenvalue weighted by atomic mass is 9.86. The minimum Gasteiger partial charge on any atom is -0.383 e. The van der Waals surface area contributed by atoms with E-state index >= 15 is 0 Å². The Bertz CT molecular complexity index is 865. The number of benzene rings is 1. The maximum absolute atomic E-state index is 13.4. The van der Waals surface area contributed by atoms with E-state index < -0.39 is 17.6 Å². The van der Waals surface area contributed by atoms with Gasteiger partial charge in [0.2, 0.25) is 0 Å². The van der Waals surface area contributed by atoms with Gasteiger partial charge in [0.15, 0.2) is 0 Å². The second-order valence-corrected chi connectivity index (χ2v) is 6.18. The minimum atomic E-state index is -4.74. The average Bonchev–Trinajstić information content (AvgIpc) is 2.61. The van der Waals surface area contributed by atoms with Crippen molar-refractivity contribution in [3.63, 3.8) is 0 Å². The quantitative estimate of drug-likeness (QED) is 0.795. The molecule has 0 atom stereocenters. The number of hydrogen-bond donors (Lipinski definition) is 2. The van der Waals surface area contributed by atoms with Crippen LogP contribution < -0.4 is 11.1 Å². The smallest absolute Gasteiger partial charge is 0.383 e. The van der Waals surface area contributed by atoms with Crippen LogP contribution in [0.1, 0.15) is 35.4 Å². The first-order valence-corrected chi connectivity index (χ1v) is 8.09. The van der Waals surface area contributed by atoms with Crippen molar-refractivity contribution in [2.75, 3.05) is 18.8 Å². The van der Waals surface area contributed by atoms with Gasteiger partial charge in [-0.2, -0.15) is 18.4 Å². The molecule has 1 aromatic carbocycles. The number of hydrogen-bond acceptors (Lipinski definition) is 4. The predicted octanol–water partition coefficient (Wildman–Crippen LogP) is 3.83. The highest BCUT2D eigenvalue weighted by atomic mass is 19.4. The molecular formula is C18H16F4N4. The fourth-order valence-electron chi connectivity index (χ4n) is 3.27. The molecule has 3 rings (SSSR count). The van der Waals surface area contributed by atoms with Crippen LogP contribution in [0.15, 0.2) is 24.3 Å². The molecule has 136 valence electrons. The minimum absolute atomic E-state index is 0.00438. The molecule has 3 N–H and O–H groups in total. The number of nitrogen functional groups attached to an aromatic ring is 1. The molecular weight excluding hydrogens is 348 g/mol. The second kappa shape index (κ2) is 6.92. The van der Waals surface area contributed by atoms with Crippen LogP contribution in [0.4, 0.5) is 23.4 Å². The van der Waals surface area contributed by atoms with Crippen molar-refractivity contribution >= 4 is 5.82 Å². The number of piperidine rings is 1. The first-order chi connectivity index (χ1) is 12.3. The molecule has 1 aliphatic heterocycles. The van der Waals surface area contributed by atoms with E-state index in [0.29, 0.717) is 11.6 Å². The fraction of sp³-hybridized carbons (Fsp3) is 0.333. The van der Waals surface area contributed by atoms with E-state index in [0.717, 1.165) is 38.1 Å². The molecule has 0 radical (unpaired) electrons. The molecule has 2 heterocycles. The molecule has 0 saturated carbocycles. The predicted molar refractivity (Wildman–Crippen MR) is 88.6 cm³/mol. The van der Waals surface area contributed by atoms with E-state index in [2.05, 4.69) is 10.3 Å². The van der Waals surface area contributed by atoms with Crippen LogP contribution in [0.2, 0.25) is 0 Å². The number of aromatic nitrogens is 1. The molecule has 1 fully saturated rings. The molecule has 1 saturated heterocycles. The van der Waals surface area contributed by atoms with Gasteiger partial charge in [-0.25, -0.2) is 9.37 Å². The summed E-state index contributed by atoms with van der Waals surface area (Å²) in [4.78, 5) is 3.99. The van der Waals surface area contributed by atoms with Crippen LogP contribution in [0, 0.1) is 17.1 Å². The van der Waals surface area contributed by atoms with Crippen LogP contribution in [-0.2, 0) is 6.18 Å². The van der Waals surface area contributed by atoms with Crippen LogP contribution in [-0.4, -0.2) is 18.1 Å². The zero-order chi connectivity index (χ0) is 18.9. The van der Waals surface area contributed by atoms with Gasteiger partial charge >= 0.3 is 6.18 Å². The van der Waals surface area contributed by atoms with E-state index in [1.807, 2.05) is 6.07 Å². The Labute approximate surface area is 147 Å². The summed E-state index contributed by atoms with van der Waals surface area (Å²) in [6, 6.07) is 5.91. The molecule has 1 aliphatic rings. The summed E-state index contributed by atoms with van der Waals surface area (Å²) in [6.07, 6.45) is -3.25. The highest BCUT2D eigenvalue weighted by molar-refractivity contribution is 5.70. The Morgan fingerprint density at radius 3 is 2.50 bits per heavy atom. The number of nitrogens with two attached hydrogens (primary N) is 1. The van der Waals surface area contributed by atoms with Crippen molar-refractivity contribution in [2.45, 2.75) is 24.9 Å². The maximum Gasteiger partial charge on any atom is 0.417 e. The number of nitriles is 1. The van der Waals surface area contributed by atoms with Gasteiger partial charge < -0.3 is 11.1 Å². The molecule has 0 aliphatic carbocycles. The number of anilines is 1. The summed E-state index contributed by atoms with van der Waals surface area (Å²) in [5.41, 5.74) is 5.25. The van der Waals surface area contributed by atoms with E-state index in [1.165, 1.54) is 6.07 Å². The van der Waals surface area contributed by atoms with E-state index in [4.69, 9.17) is 5.73 Å². The van der Waals surface area contributed by atoms with Gasteiger partial charge in [-0.15, -0.1) is 0 Å². The third-order valence-electron chi connectivity index (χ3n) is 4.53. The van der Waals surface area contributed by atoms with E-state index in [9.17, 15) is 22.8 Å². The van der Waals surface area contributed by atoms with Gasteiger partial charge in [-0.05, 0) is 61.7 Å². The van der Waals surface area contributed by atoms with Crippen LogP contribution in [0.3, 0.4) is 0 Å². The topological polar surface area (TPSA) is 74.7 Å². The van der Waals surface area contributed by atoms with Crippen molar-refractivity contribution in [1.29, 1.82) is 5.26 Å². The van der Waals surface area contributed by atoms with Gasteiger partial charge in [0.25, 0.3) is 0 Å². The van der Waals surface area contributed by atoms with Gasteiger partial charge in [0.05, 0.1) is 16.8 Å². The molecule has 2 aromatic rings. The zero-order valence-electron chi connectivity index (χ0n) is 13.7. The monoisotopic (exact) mass is 364 g/mol. The normalized spacial score (nSPS) is 15.7. The lowest BCUT2D eigenvalue weighted by molar-refractivity contribution is -0.137. The Morgan fingerprint density at radius 1 is 1.19 bits per heavy atom. The SMILES string of the molecule is N#Cc1c(C2CCNCC2)cc(-c2ccc(F)cc2C(F)(F)F)nc1N. The Hall–Kier alpha value is -2.66. The van der Waals surface area contributed by atoms with Crippen molar-refractivity contribution in [3.05, 3.63) is 46.8 Å². The lowest BCUT2D eigenvalue weighted by Gasteiger charge is -2.25.